The van der Waals surface area contributed by atoms with Gasteiger partial charge in [0.25, 0.3) is 0 Å². The third-order valence-corrected chi connectivity index (χ3v) is 3.41. The molecule has 0 aliphatic carbocycles. The summed E-state index contributed by atoms with van der Waals surface area (Å²) in [6.45, 7) is 6.78. The molecule has 0 spiro atoms. The molecule has 0 bridgehead atoms. The molecule has 4 heteroatoms. The van der Waals surface area contributed by atoms with Gasteiger partial charge in [0.1, 0.15) is 5.75 Å². The molecule has 1 rings (SSSR count). The summed E-state index contributed by atoms with van der Waals surface area (Å²) >= 11 is 3.55. The standard InChI is InChI=1S/C15H22BrNO2/c1-3-4-5-9-19-14-6-7-15(16)13(11-14)12-17-8-10-18-2/h3,6-7,11,17H,1,4-5,8-10,12H2,2H3. The first kappa shape index (κ1) is 16.2. The van der Waals surface area contributed by atoms with Gasteiger partial charge in [0.2, 0.25) is 0 Å². The molecular formula is C15H22BrNO2. The van der Waals surface area contributed by atoms with Crippen molar-refractivity contribution in [1.82, 2.24) is 5.32 Å². The summed E-state index contributed by atoms with van der Waals surface area (Å²) < 4.78 is 11.8. The SMILES string of the molecule is C=CCCCOc1ccc(Br)c(CNCCOC)c1. The van der Waals surface area contributed by atoms with E-state index in [-0.39, 0.29) is 0 Å². The number of hydrogen-bond donors (Lipinski definition) is 1. The van der Waals surface area contributed by atoms with E-state index in [1.807, 2.05) is 18.2 Å². The molecular weight excluding hydrogens is 306 g/mol. The van der Waals surface area contributed by atoms with Crippen LogP contribution in [0.1, 0.15) is 18.4 Å². The van der Waals surface area contributed by atoms with Crippen molar-refractivity contribution in [2.75, 3.05) is 26.9 Å². The lowest BCUT2D eigenvalue weighted by molar-refractivity contribution is 0.199. The van der Waals surface area contributed by atoms with Crippen LogP contribution in [-0.4, -0.2) is 26.9 Å². The molecule has 0 heterocycles. The van der Waals surface area contributed by atoms with Gasteiger partial charge in [-0.2, -0.15) is 0 Å². The highest BCUT2D eigenvalue weighted by molar-refractivity contribution is 9.10. The largest absolute Gasteiger partial charge is 0.494 e. The van der Waals surface area contributed by atoms with E-state index >= 15 is 0 Å². The summed E-state index contributed by atoms with van der Waals surface area (Å²) in [6, 6.07) is 6.07. The Morgan fingerprint density at radius 3 is 2.95 bits per heavy atom. The first-order valence-corrected chi connectivity index (χ1v) is 7.29. The summed E-state index contributed by atoms with van der Waals surface area (Å²) in [7, 11) is 1.70. The van der Waals surface area contributed by atoms with Crippen molar-refractivity contribution in [3.8, 4) is 5.75 Å². The number of rotatable bonds is 10. The fourth-order valence-corrected chi connectivity index (χ4v) is 1.98. The van der Waals surface area contributed by atoms with Crippen LogP contribution in [0, 0.1) is 0 Å². The van der Waals surface area contributed by atoms with Crippen LogP contribution < -0.4 is 10.1 Å². The zero-order chi connectivity index (χ0) is 13.9. The van der Waals surface area contributed by atoms with E-state index in [4.69, 9.17) is 9.47 Å². The Labute approximate surface area is 124 Å². The van der Waals surface area contributed by atoms with Crippen LogP contribution in [0.15, 0.2) is 35.3 Å². The number of allylic oxidation sites excluding steroid dienone is 1. The molecule has 0 fully saturated rings. The first-order valence-electron chi connectivity index (χ1n) is 6.49. The highest BCUT2D eigenvalue weighted by atomic mass is 79.9. The van der Waals surface area contributed by atoms with Crippen LogP contribution >= 0.6 is 15.9 Å². The second kappa shape index (κ2) is 10.0. The highest BCUT2D eigenvalue weighted by Gasteiger charge is 2.02. The van der Waals surface area contributed by atoms with Crippen molar-refractivity contribution in [3.63, 3.8) is 0 Å². The topological polar surface area (TPSA) is 30.5 Å². The van der Waals surface area contributed by atoms with Crippen LogP contribution in [0.25, 0.3) is 0 Å². The summed E-state index contributed by atoms with van der Waals surface area (Å²) in [6.07, 6.45) is 3.90. The number of benzene rings is 1. The van der Waals surface area contributed by atoms with Crippen LogP contribution in [0.5, 0.6) is 5.75 Å². The summed E-state index contributed by atoms with van der Waals surface area (Å²) in [4.78, 5) is 0. The van der Waals surface area contributed by atoms with E-state index in [1.54, 1.807) is 7.11 Å². The minimum Gasteiger partial charge on any atom is -0.494 e. The Bertz CT molecular complexity index is 382. The Balaban J connectivity index is 2.43. The van der Waals surface area contributed by atoms with E-state index in [1.165, 1.54) is 5.56 Å². The van der Waals surface area contributed by atoms with Crippen molar-refractivity contribution >= 4 is 15.9 Å². The number of ether oxygens (including phenoxy) is 2. The molecule has 0 atom stereocenters. The fraction of sp³-hybridized carbons (Fsp3) is 0.467. The molecule has 0 aromatic heterocycles. The van der Waals surface area contributed by atoms with Crippen molar-refractivity contribution < 1.29 is 9.47 Å². The number of unbranched alkanes of at least 4 members (excludes halogenated alkanes) is 1. The van der Waals surface area contributed by atoms with Gasteiger partial charge in [-0.1, -0.05) is 22.0 Å². The molecule has 0 saturated heterocycles. The molecule has 3 nitrogen and oxygen atoms in total. The Morgan fingerprint density at radius 2 is 2.21 bits per heavy atom. The van der Waals surface area contributed by atoms with Crippen LogP contribution in [-0.2, 0) is 11.3 Å². The minimum absolute atomic E-state index is 0.718. The molecule has 106 valence electrons. The molecule has 19 heavy (non-hydrogen) atoms. The maximum absolute atomic E-state index is 5.71. The van der Waals surface area contributed by atoms with Gasteiger partial charge in [0, 0.05) is 24.7 Å². The van der Waals surface area contributed by atoms with Gasteiger partial charge < -0.3 is 14.8 Å². The predicted molar refractivity (Wildman–Crippen MR) is 82.7 cm³/mol. The monoisotopic (exact) mass is 327 g/mol. The maximum Gasteiger partial charge on any atom is 0.119 e. The number of halogens is 1. The van der Waals surface area contributed by atoms with Crippen molar-refractivity contribution in [3.05, 3.63) is 40.9 Å². The molecule has 0 radical (unpaired) electrons. The normalized spacial score (nSPS) is 10.4. The highest BCUT2D eigenvalue weighted by Crippen LogP contribution is 2.22. The van der Waals surface area contributed by atoms with E-state index < -0.39 is 0 Å². The zero-order valence-corrected chi connectivity index (χ0v) is 13.0. The molecule has 0 aliphatic heterocycles. The van der Waals surface area contributed by atoms with Crippen molar-refractivity contribution in [2.24, 2.45) is 0 Å². The van der Waals surface area contributed by atoms with Crippen LogP contribution in [0.3, 0.4) is 0 Å². The van der Waals surface area contributed by atoms with E-state index in [2.05, 4.69) is 33.9 Å². The second-order valence-electron chi connectivity index (χ2n) is 4.20. The van der Waals surface area contributed by atoms with Gasteiger partial charge in [-0.3, -0.25) is 0 Å². The van der Waals surface area contributed by atoms with Gasteiger partial charge in [-0.05, 0) is 36.6 Å². The summed E-state index contributed by atoms with van der Waals surface area (Å²) in [5.41, 5.74) is 1.19. The Morgan fingerprint density at radius 1 is 1.37 bits per heavy atom. The third kappa shape index (κ3) is 6.76. The third-order valence-electron chi connectivity index (χ3n) is 2.64. The lowest BCUT2D eigenvalue weighted by Crippen LogP contribution is -2.18. The second-order valence-corrected chi connectivity index (χ2v) is 5.06. The first-order chi connectivity index (χ1) is 9.27. The smallest absolute Gasteiger partial charge is 0.119 e. The van der Waals surface area contributed by atoms with E-state index in [9.17, 15) is 0 Å². The zero-order valence-electron chi connectivity index (χ0n) is 11.5. The molecule has 0 saturated carbocycles. The molecule has 1 N–H and O–H groups in total. The number of methoxy groups -OCH3 is 1. The van der Waals surface area contributed by atoms with E-state index in [0.717, 1.165) is 49.4 Å². The van der Waals surface area contributed by atoms with Gasteiger partial charge in [-0.15, -0.1) is 6.58 Å². The Hall–Kier alpha value is -0.840. The van der Waals surface area contributed by atoms with Gasteiger partial charge in [0.15, 0.2) is 0 Å². The molecule has 1 aromatic rings. The minimum atomic E-state index is 0.718. The fourth-order valence-electron chi connectivity index (χ4n) is 1.59. The van der Waals surface area contributed by atoms with Crippen molar-refractivity contribution in [1.29, 1.82) is 0 Å². The quantitative estimate of drug-likeness (QED) is 0.526. The molecule has 0 aliphatic rings. The van der Waals surface area contributed by atoms with Crippen molar-refractivity contribution in [2.45, 2.75) is 19.4 Å². The van der Waals surface area contributed by atoms with Crippen LogP contribution in [0.2, 0.25) is 0 Å². The molecule has 0 amide bonds. The van der Waals surface area contributed by atoms with Gasteiger partial charge in [0.05, 0.1) is 13.2 Å². The van der Waals surface area contributed by atoms with Crippen LogP contribution in [0.4, 0.5) is 0 Å². The van der Waals surface area contributed by atoms with Gasteiger partial charge in [-0.25, -0.2) is 0 Å². The van der Waals surface area contributed by atoms with Gasteiger partial charge >= 0.3 is 0 Å². The lowest BCUT2D eigenvalue weighted by atomic mass is 10.2. The maximum atomic E-state index is 5.71. The number of nitrogens with one attached hydrogen (secondary N) is 1. The molecule has 1 aromatic carbocycles. The summed E-state index contributed by atoms with van der Waals surface area (Å²) in [5.74, 6) is 0.913. The molecule has 0 unspecified atom stereocenters. The lowest BCUT2D eigenvalue weighted by Gasteiger charge is -2.10. The average Bonchev–Trinajstić information content (AvgIpc) is 2.42. The van der Waals surface area contributed by atoms with E-state index in [0.29, 0.717) is 0 Å². The summed E-state index contributed by atoms with van der Waals surface area (Å²) in [5, 5.41) is 3.32. The number of hydrogen-bond acceptors (Lipinski definition) is 3. The Kier molecular flexibility index (Phi) is 8.54. The predicted octanol–water partition coefficient (Wildman–Crippen LogP) is 3.53. The average molecular weight is 328 g/mol.